The Labute approximate surface area is 117 Å². The molecule has 1 amide bonds. The minimum atomic E-state index is -0.128. The molecule has 2 aliphatic rings. The van der Waals surface area contributed by atoms with Crippen LogP contribution in [0.2, 0.25) is 0 Å². The fourth-order valence-corrected chi connectivity index (χ4v) is 3.82. The molecule has 0 aromatic heterocycles. The molecule has 19 heavy (non-hydrogen) atoms. The van der Waals surface area contributed by atoms with Gasteiger partial charge in [-0.15, -0.1) is 0 Å². The van der Waals surface area contributed by atoms with Crippen molar-refractivity contribution in [2.75, 3.05) is 26.2 Å². The first kappa shape index (κ1) is 14.8. The van der Waals surface area contributed by atoms with Gasteiger partial charge in [0.05, 0.1) is 6.04 Å². The number of carbonyl (C=O) groups is 1. The van der Waals surface area contributed by atoms with E-state index < -0.39 is 0 Å². The number of rotatable bonds is 3. The molecule has 1 saturated carbocycles. The topological polar surface area (TPSA) is 58.4 Å². The molecule has 1 saturated heterocycles. The summed E-state index contributed by atoms with van der Waals surface area (Å²) in [6.07, 6.45) is 3.59. The maximum absolute atomic E-state index is 12.0. The first-order valence-electron chi connectivity index (χ1n) is 7.65. The van der Waals surface area contributed by atoms with Crippen LogP contribution in [-0.2, 0) is 4.79 Å². The molecule has 110 valence electrons. The normalized spacial score (nSPS) is 33.8. The van der Waals surface area contributed by atoms with Crippen molar-refractivity contribution in [3.63, 3.8) is 0 Å². The van der Waals surface area contributed by atoms with E-state index in [4.69, 9.17) is 5.73 Å². The number of piperazine rings is 1. The van der Waals surface area contributed by atoms with Gasteiger partial charge in [0.2, 0.25) is 5.91 Å². The van der Waals surface area contributed by atoms with Crippen molar-refractivity contribution in [2.45, 2.75) is 46.1 Å². The minimum absolute atomic E-state index is 0.0725. The van der Waals surface area contributed by atoms with Crippen molar-refractivity contribution >= 4 is 5.91 Å². The lowest BCUT2D eigenvalue weighted by atomic mass is 9.65. The number of nitrogens with zero attached hydrogens (tertiary/aromatic N) is 1. The molecule has 2 fully saturated rings. The lowest BCUT2D eigenvalue weighted by Crippen LogP contribution is -2.57. The fourth-order valence-electron chi connectivity index (χ4n) is 3.82. The summed E-state index contributed by atoms with van der Waals surface area (Å²) in [5.41, 5.74) is 6.09. The molecule has 1 aliphatic heterocycles. The van der Waals surface area contributed by atoms with Gasteiger partial charge in [0.1, 0.15) is 0 Å². The van der Waals surface area contributed by atoms with Crippen molar-refractivity contribution < 1.29 is 4.79 Å². The van der Waals surface area contributed by atoms with Crippen LogP contribution in [0.25, 0.3) is 0 Å². The third-order valence-electron chi connectivity index (χ3n) is 5.04. The third kappa shape index (κ3) is 3.48. The predicted octanol–water partition coefficient (Wildman–Crippen LogP) is 1.21. The van der Waals surface area contributed by atoms with Crippen molar-refractivity contribution in [3.05, 3.63) is 0 Å². The predicted molar refractivity (Wildman–Crippen MR) is 77.7 cm³/mol. The van der Waals surface area contributed by atoms with Gasteiger partial charge in [0.25, 0.3) is 0 Å². The molecule has 0 aromatic rings. The monoisotopic (exact) mass is 267 g/mol. The smallest absolute Gasteiger partial charge is 0.235 e. The molecule has 3 atom stereocenters. The second-order valence-electron chi connectivity index (χ2n) is 7.18. The van der Waals surface area contributed by atoms with Crippen LogP contribution in [0.15, 0.2) is 0 Å². The summed E-state index contributed by atoms with van der Waals surface area (Å²) >= 11 is 0. The first-order valence-corrected chi connectivity index (χ1v) is 7.65. The largest absolute Gasteiger partial charge is 0.368 e. The van der Waals surface area contributed by atoms with Gasteiger partial charge in [0, 0.05) is 26.2 Å². The lowest BCUT2D eigenvalue weighted by molar-refractivity contribution is -0.127. The van der Waals surface area contributed by atoms with Crippen molar-refractivity contribution in [2.24, 2.45) is 23.0 Å². The van der Waals surface area contributed by atoms with Crippen LogP contribution in [-0.4, -0.2) is 43.0 Å². The quantitative estimate of drug-likeness (QED) is 0.808. The van der Waals surface area contributed by atoms with Gasteiger partial charge < -0.3 is 11.1 Å². The molecular weight excluding hydrogens is 238 g/mol. The third-order valence-corrected chi connectivity index (χ3v) is 5.04. The van der Waals surface area contributed by atoms with Crippen LogP contribution in [0.3, 0.4) is 0 Å². The van der Waals surface area contributed by atoms with Gasteiger partial charge in [-0.05, 0) is 36.5 Å². The van der Waals surface area contributed by atoms with E-state index in [-0.39, 0.29) is 11.9 Å². The van der Waals surface area contributed by atoms with Gasteiger partial charge in [-0.25, -0.2) is 0 Å². The van der Waals surface area contributed by atoms with Crippen LogP contribution in [0, 0.1) is 17.3 Å². The van der Waals surface area contributed by atoms with E-state index >= 15 is 0 Å². The van der Waals surface area contributed by atoms with Crippen molar-refractivity contribution in [1.82, 2.24) is 10.2 Å². The van der Waals surface area contributed by atoms with Gasteiger partial charge in [0.15, 0.2) is 0 Å². The molecule has 4 nitrogen and oxygen atoms in total. The van der Waals surface area contributed by atoms with Crippen molar-refractivity contribution in [3.8, 4) is 0 Å². The van der Waals surface area contributed by atoms with E-state index in [9.17, 15) is 4.79 Å². The molecule has 1 heterocycles. The number of hydrogen-bond donors (Lipinski definition) is 2. The Hall–Kier alpha value is -0.610. The number of hydrogen-bond acceptors (Lipinski definition) is 3. The highest BCUT2D eigenvalue weighted by Gasteiger charge is 2.41. The molecule has 3 N–H and O–H groups in total. The maximum Gasteiger partial charge on any atom is 0.235 e. The molecule has 0 aromatic carbocycles. The van der Waals surface area contributed by atoms with Gasteiger partial charge in [-0.1, -0.05) is 20.8 Å². The Kier molecular flexibility index (Phi) is 4.51. The summed E-state index contributed by atoms with van der Waals surface area (Å²) in [5.74, 6) is 0.885. The molecular formula is C15H29N3O. The average Bonchev–Trinajstić information content (AvgIpc) is 2.35. The van der Waals surface area contributed by atoms with E-state index in [0.29, 0.717) is 17.3 Å². The summed E-state index contributed by atoms with van der Waals surface area (Å²) in [5, 5.41) is 3.35. The van der Waals surface area contributed by atoms with E-state index in [1.54, 1.807) is 0 Å². The molecule has 1 aliphatic carbocycles. The van der Waals surface area contributed by atoms with Gasteiger partial charge >= 0.3 is 0 Å². The minimum Gasteiger partial charge on any atom is -0.368 e. The highest BCUT2D eigenvalue weighted by Crippen LogP contribution is 2.44. The molecule has 2 rings (SSSR count). The van der Waals surface area contributed by atoms with Crippen LogP contribution in [0.5, 0.6) is 0 Å². The van der Waals surface area contributed by atoms with Gasteiger partial charge in [-0.3, -0.25) is 9.69 Å². The molecule has 0 radical (unpaired) electrons. The number of amides is 1. The highest BCUT2D eigenvalue weighted by atomic mass is 16.1. The zero-order chi connectivity index (χ0) is 14.0. The van der Waals surface area contributed by atoms with E-state index in [1.807, 2.05) is 0 Å². The zero-order valence-electron chi connectivity index (χ0n) is 12.6. The molecule has 0 bridgehead atoms. The molecule has 0 spiro atoms. The Morgan fingerprint density at radius 1 is 1.37 bits per heavy atom. The Morgan fingerprint density at radius 3 is 2.58 bits per heavy atom. The number of nitrogens with two attached hydrogens (primary N) is 1. The molecule has 4 heteroatoms. The van der Waals surface area contributed by atoms with Gasteiger partial charge in [-0.2, -0.15) is 0 Å². The average molecular weight is 267 g/mol. The van der Waals surface area contributed by atoms with E-state index in [1.165, 1.54) is 12.8 Å². The fraction of sp³-hybridized carbons (Fsp3) is 0.933. The van der Waals surface area contributed by atoms with Crippen LogP contribution < -0.4 is 11.1 Å². The van der Waals surface area contributed by atoms with Crippen LogP contribution in [0.4, 0.5) is 0 Å². The number of nitrogens with one attached hydrogen (secondary N) is 1. The zero-order valence-corrected chi connectivity index (χ0v) is 12.6. The second-order valence-corrected chi connectivity index (χ2v) is 7.18. The summed E-state index contributed by atoms with van der Waals surface area (Å²) in [7, 11) is 0. The van der Waals surface area contributed by atoms with Crippen molar-refractivity contribution in [1.29, 1.82) is 0 Å². The van der Waals surface area contributed by atoms with Crippen LogP contribution in [0.1, 0.15) is 40.0 Å². The standard InChI is InChI=1S/C15H29N3O/c1-11-4-5-15(2,3)10-12(11)13(14(16)19)18-8-6-17-7-9-18/h11-13,17H,4-10H2,1-3H3,(H2,16,19). The lowest BCUT2D eigenvalue weighted by Gasteiger charge is -2.46. The van der Waals surface area contributed by atoms with E-state index in [2.05, 4.69) is 31.0 Å². The first-order chi connectivity index (χ1) is 8.91. The molecule has 3 unspecified atom stereocenters. The maximum atomic E-state index is 12.0. The summed E-state index contributed by atoms with van der Waals surface area (Å²) < 4.78 is 0. The number of carbonyl (C=O) groups excluding carboxylic acids is 1. The number of primary amides is 1. The summed E-state index contributed by atoms with van der Waals surface area (Å²) in [6.45, 7) is 10.7. The van der Waals surface area contributed by atoms with Crippen LogP contribution >= 0.6 is 0 Å². The second kappa shape index (κ2) is 5.80. The summed E-state index contributed by atoms with van der Waals surface area (Å²) in [6, 6.07) is -0.0725. The van der Waals surface area contributed by atoms with E-state index in [0.717, 1.165) is 32.6 Å². The Morgan fingerprint density at radius 2 is 2.00 bits per heavy atom. The highest BCUT2D eigenvalue weighted by molar-refractivity contribution is 5.80. The Balaban J connectivity index is 2.14. The summed E-state index contributed by atoms with van der Waals surface area (Å²) in [4.78, 5) is 14.3. The Bertz CT molecular complexity index is 323. The SMILES string of the molecule is CC1CCC(C)(C)CC1C(C(N)=O)N1CCNCC1.